The van der Waals surface area contributed by atoms with Crippen LogP contribution in [0, 0.1) is 27.7 Å². The minimum atomic E-state index is 0.474. The number of pyridine rings is 1. The van der Waals surface area contributed by atoms with Crippen molar-refractivity contribution < 1.29 is 4.74 Å². The normalized spacial score (nSPS) is 18.5. The van der Waals surface area contributed by atoms with Crippen molar-refractivity contribution in [1.29, 1.82) is 0 Å². The van der Waals surface area contributed by atoms with Crippen molar-refractivity contribution >= 4 is 0 Å². The Kier molecular flexibility index (Phi) is 5.37. The van der Waals surface area contributed by atoms with Gasteiger partial charge in [0, 0.05) is 29.9 Å². The molecule has 1 aliphatic rings. The predicted molar refractivity (Wildman–Crippen MR) is 97.8 cm³/mol. The Labute approximate surface area is 150 Å². The van der Waals surface area contributed by atoms with Gasteiger partial charge in [-0.1, -0.05) is 6.42 Å². The molecule has 1 fully saturated rings. The minimum Gasteiger partial charge on any atom is -0.496 e. The first-order chi connectivity index (χ1) is 12.0. The summed E-state index contributed by atoms with van der Waals surface area (Å²) in [5.74, 6) is 2.80. The quantitative estimate of drug-likeness (QED) is 0.835. The van der Waals surface area contributed by atoms with Crippen LogP contribution in [0.2, 0.25) is 0 Å². The van der Waals surface area contributed by atoms with Crippen molar-refractivity contribution in [2.24, 2.45) is 0 Å². The first-order valence-electron chi connectivity index (χ1n) is 9.10. The molecule has 25 heavy (non-hydrogen) atoms. The van der Waals surface area contributed by atoms with E-state index < -0.39 is 0 Å². The molecule has 3 rings (SSSR count). The largest absolute Gasteiger partial charge is 0.496 e. The van der Waals surface area contributed by atoms with Crippen LogP contribution < -0.4 is 4.74 Å². The highest BCUT2D eigenvalue weighted by atomic mass is 16.5. The lowest BCUT2D eigenvalue weighted by Crippen LogP contribution is -2.42. The van der Waals surface area contributed by atoms with Gasteiger partial charge in [-0.25, -0.2) is 9.67 Å². The zero-order valence-electron chi connectivity index (χ0n) is 16.0. The maximum atomic E-state index is 5.57. The zero-order valence-corrected chi connectivity index (χ0v) is 16.0. The molecule has 0 saturated carbocycles. The molecular formula is C19H29N5O. The van der Waals surface area contributed by atoms with Gasteiger partial charge in [0.2, 0.25) is 0 Å². The second-order valence-corrected chi connectivity index (χ2v) is 7.05. The number of nitrogens with zero attached hydrogens (tertiary/aromatic N) is 5. The van der Waals surface area contributed by atoms with Gasteiger partial charge in [-0.05, 0) is 47.1 Å². The average molecular weight is 343 g/mol. The van der Waals surface area contributed by atoms with Gasteiger partial charge in [0.25, 0.3) is 0 Å². The third-order valence-electron chi connectivity index (χ3n) is 5.20. The van der Waals surface area contributed by atoms with Crippen LogP contribution in [0.5, 0.6) is 5.75 Å². The van der Waals surface area contributed by atoms with Crippen LogP contribution in [0.4, 0.5) is 0 Å². The fraction of sp³-hybridized carbons (Fsp3) is 0.632. The van der Waals surface area contributed by atoms with Crippen LogP contribution >= 0.6 is 0 Å². The minimum absolute atomic E-state index is 0.474. The molecule has 0 spiro atoms. The van der Waals surface area contributed by atoms with Gasteiger partial charge in [-0.3, -0.25) is 9.88 Å². The van der Waals surface area contributed by atoms with Crippen molar-refractivity contribution in [1.82, 2.24) is 24.6 Å². The summed E-state index contributed by atoms with van der Waals surface area (Å²) in [5, 5.41) is 4.55. The highest BCUT2D eigenvalue weighted by Gasteiger charge is 2.25. The van der Waals surface area contributed by atoms with E-state index in [2.05, 4.69) is 26.9 Å². The number of aryl methyl sites for hydroxylation is 3. The summed E-state index contributed by atoms with van der Waals surface area (Å²) in [5.41, 5.74) is 3.35. The third-order valence-corrected chi connectivity index (χ3v) is 5.20. The van der Waals surface area contributed by atoms with Crippen LogP contribution in [0.25, 0.3) is 0 Å². The fourth-order valence-electron chi connectivity index (χ4n) is 3.83. The summed E-state index contributed by atoms with van der Waals surface area (Å²) >= 11 is 0. The van der Waals surface area contributed by atoms with Gasteiger partial charge in [-0.2, -0.15) is 5.10 Å². The second-order valence-electron chi connectivity index (χ2n) is 7.05. The molecule has 0 amide bonds. The van der Waals surface area contributed by atoms with Crippen LogP contribution in [-0.2, 0) is 13.1 Å². The predicted octanol–water partition coefficient (Wildman–Crippen LogP) is 2.97. The van der Waals surface area contributed by atoms with Crippen LogP contribution in [0.15, 0.2) is 6.20 Å². The monoisotopic (exact) mass is 343 g/mol. The number of piperidine rings is 1. The van der Waals surface area contributed by atoms with E-state index in [0.29, 0.717) is 6.04 Å². The van der Waals surface area contributed by atoms with Crippen LogP contribution in [0.3, 0.4) is 0 Å². The highest BCUT2D eigenvalue weighted by Crippen LogP contribution is 2.27. The molecule has 6 nitrogen and oxygen atoms in total. The molecular weight excluding hydrogens is 314 g/mol. The van der Waals surface area contributed by atoms with Crippen molar-refractivity contribution in [3.8, 4) is 5.75 Å². The Hall–Kier alpha value is -1.95. The van der Waals surface area contributed by atoms with E-state index in [4.69, 9.17) is 4.74 Å². The van der Waals surface area contributed by atoms with Gasteiger partial charge in [0.15, 0.2) is 0 Å². The van der Waals surface area contributed by atoms with Gasteiger partial charge >= 0.3 is 0 Å². The second kappa shape index (κ2) is 7.52. The zero-order chi connectivity index (χ0) is 18.0. The summed E-state index contributed by atoms with van der Waals surface area (Å²) in [6.07, 6.45) is 5.64. The maximum absolute atomic E-state index is 5.57. The lowest BCUT2D eigenvalue weighted by Gasteiger charge is -2.36. The Balaban J connectivity index is 1.79. The first kappa shape index (κ1) is 17.9. The molecule has 0 unspecified atom stereocenters. The van der Waals surface area contributed by atoms with Crippen molar-refractivity contribution in [2.45, 2.75) is 66.1 Å². The summed E-state index contributed by atoms with van der Waals surface area (Å²) < 4.78 is 7.62. The van der Waals surface area contributed by atoms with Gasteiger partial charge in [-0.15, -0.1) is 0 Å². The van der Waals surface area contributed by atoms with E-state index in [9.17, 15) is 0 Å². The smallest absolute Gasteiger partial charge is 0.147 e. The van der Waals surface area contributed by atoms with Crippen molar-refractivity contribution in [3.05, 3.63) is 34.7 Å². The summed E-state index contributed by atoms with van der Waals surface area (Å²) in [4.78, 5) is 11.7. The molecule has 1 atom stereocenters. The topological polar surface area (TPSA) is 56.1 Å². The Morgan fingerprint density at radius 2 is 2.00 bits per heavy atom. The molecule has 0 N–H and O–H groups in total. The number of rotatable bonds is 5. The van der Waals surface area contributed by atoms with E-state index in [1.165, 1.54) is 19.3 Å². The van der Waals surface area contributed by atoms with E-state index in [0.717, 1.165) is 53.9 Å². The summed E-state index contributed by atoms with van der Waals surface area (Å²) in [6, 6.07) is 0.474. The van der Waals surface area contributed by atoms with E-state index >= 15 is 0 Å². The molecule has 2 aromatic heterocycles. The van der Waals surface area contributed by atoms with E-state index in [-0.39, 0.29) is 0 Å². The van der Waals surface area contributed by atoms with E-state index in [1.807, 2.05) is 31.6 Å². The molecule has 136 valence electrons. The number of methoxy groups -OCH3 is 1. The highest BCUT2D eigenvalue weighted by molar-refractivity contribution is 5.41. The molecule has 1 aliphatic heterocycles. The molecule has 1 saturated heterocycles. The molecule has 3 heterocycles. The number of aromatic nitrogens is 4. The van der Waals surface area contributed by atoms with Gasteiger partial charge in [0.1, 0.15) is 17.4 Å². The van der Waals surface area contributed by atoms with Crippen LogP contribution in [-0.4, -0.2) is 44.3 Å². The third kappa shape index (κ3) is 3.84. The lowest BCUT2D eigenvalue weighted by atomic mass is 10.0. The van der Waals surface area contributed by atoms with Crippen LogP contribution in [0.1, 0.15) is 47.7 Å². The first-order valence-corrected chi connectivity index (χ1v) is 9.10. The average Bonchev–Trinajstić information content (AvgIpc) is 2.90. The van der Waals surface area contributed by atoms with E-state index in [1.54, 1.807) is 7.11 Å². The van der Waals surface area contributed by atoms with Gasteiger partial charge in [0.05, 0.1) is 19.3 Å². The maximum Gasteiger partial charge on any atom is 0.147 e. The van der Waals surface area contributed by atoms with Crippen molar-refractivity contribution in [3.63, 3.8) is 0 Å². The fourth-order valence-corrected chi connectivity index (χ4v) is 3.83. The Morgan fingerprint density at radius 1 is 1.20 bits per heavy atom. The van der Waals surface area contributed by atoms with Gasteiger partial charge < -0.3 is 4.74 Å². The molecule has 0 bridgehead atoms. The Bertz CT molecular complexity index is 740. The lowest BCUT2D eigenvalue weighted by molar-refractivity contribution is 0.119. The summed E-state index contributed by atoms with van der Waals surface area (Å²) in [6.45, 7) is 11.0. The Morgan fingerprint density at radius 3 is 2.68 bits per heavy atom. The molecule has 0 radical (unpaired) electrons. The molecule has 2 aromatic rings. The standard InChI is InChI=1S/C19H29N5O/c1-13-10-20-18(14(2)19(13)25-5)12-23-9-7-6-8-17(23)11-24-16(4)21-15(3)22-24/h10,17H,6-9,11-12H2,1-5H3/t17-/m1/s1. The SMILES string of the molecule is COc1c(C)cnc(CN2CCCC[C@@H]2Cn2nc(C)nc2C)c1C. The van der Waals surface area contributed by atoms with Crippen molar-refractivity contribution in [2.75, 3.05) is 13.7 Å². The molecule has 6 heteroatoms. The molecule has 0 aliphatic carbocycles. The number of hydrogen-bond acceptors (Lipinski definition) is 5. The number of likely N-dealkylation sites (tertiary alicyclic amines) is 1. The number of hydrogen-bond donors (Lipinski definition) is 0. The summed E-state index contributed by atoms with van der Waals surface area (Å²) in [7, 11) is 1.73. The number of ether oxygens (including phenoxy) is 1. The molecule has 0 aromatic carbocycles.